The molecular weight excluding hydrogens is 380 g/mol. The maximum atomic E-state index is 12.4. The average molecular weight is 394 g/mol. The zero-order valence-corrected chi connectivity index (χ0v) is 14.1. The van der Waals surface area contributed by atoms with Crippen LogP contribution in [0.1, 0.15) is 33.5 Å². The van der Waals surface area contributed by atoms with Crippen molar-refractivity contribution in [2.45, 2.75) is 25.7 Å². The minimum absolute atomic E-state index is 0.155. The summed E-state index contributed by atoms with van der Waals surface area (Å²) < 4.78 is 1.82. The lowest BCUT2D eigenvalue weighted by molar-refractivity contribution is 0.0992. The highest BCUT2D eigenvalue weighted by Crippen LogP contribution is 2.25. The Labute approximate surface area is 135 Å². The summed E-state index contributed by atoms with van der Waals surface area (Å²) in [5, 5.41) is 0. The number of carbonyl (C=O) groups is 1. The fourth-order valence-corrected chi connectivity index (χ4v) is 4.00. The Bertz CT molecular complexity index is 677. The van der Waals surface area contributed by atoms with Gasteiger partial charge in [-0.15, -0.1) is 0 Å². The second kappa shape index (κ2) is 5.82. The predicted molar refractivity (Wildman–Crippen MR) is 88.3 cm³/mol. The van der Waals surface area contributed by atoms with Crippen molar-refractivity contribution in [1.29, 1.82) is 0 Å². The van der Waals surface area contributed by atoms with E-state index in [0.29, 0.717) is 6.42 Å². The van der Waals surface area contributed by atoms with Gasteiger partial charge in [-0.2, -0.15) is 0 Å². The van der Waals surface area contributed by atoms with Crippen LogP contribution >= 0.6 is 31.9 Å². The molecule has 2 aromatic carbocycles. The first-order valence-corrected chi connectivity index (χ1v) is 8.31. The van der Waals surface area contributed by atoms with E-state index in [2.05, 4.69) is 50.1 Å². The maximum absolute atomic E-state index is 12.4. The van der Waals surface area contributed by atoms with Gasteiger partial charge in [0.2, 0.25) is 0 Å². The second-order valence-corrected chi connectivity index (χ2v) is 6.95. The third-order valence-corrected chi connectivity index (χ3v) is 4.91. The third kappa shape index (κ3) is 2.89. The standard InChI is InChI=1S/C17H14Br2O/c18-14-6-7-15(16(19)10-14)17(20)9-11-4-5-12-2-1-3-13(12)8-11/h4-8,10H,1-3,9H2. The van der Waals surface area contributed by atoms with E-state index in [1.807, 2.05) is 18.2 Å². The number of fused-ring (bicyclic) bond motifs is 1. The lowest BCUT2D eigenvalue weighted by Gasteiger charge is -2.07. The molecule has 0 atom stereocenters. The van der Waals surface area contributed by atoms with Crippen LogP contribution in [0.5, 0.6) is 0 Å². The van der Waals surface area contributed by atoms with Crippen LogP contribution in [-0.2, 0) is 19.3 Å². The van der Waals surface area contributed by atoms with Gasteiger partial charge in [0.15, 0.2) is 5.78 Å². The van der Waals surface area contributed by atoms with Gasteiger partial charge in [-0.05, 0) is 54.2 Å². The highest BCUT2D eigenvalue weighted by atomic mass is 79.9. The number of hydrogen-bond donors (Lipinski definition) is 0. The SMILES string of the molecule is O=C(Cc1ccc2c(c1)CCC2)c1ccc(Br)cc1Br. The molecule has 0 radical (unpaired) electrons. The quantitative estimate of drug-likeness (QED) is 0.661. The van der Waals surface area contributed by atoms with Crippen molar-refractivity contribution >= 4 is 37.6 Å². The topological polar surface area (TPSA) is 17.1 Å². The van der Waals surface area contributed by atoms with E-state index >= 15 is 0 Å². The molecule has 0 bridgehead atoms. The molecule has 3 rings (SSSR count). The number of carbonyl (C=O) groups excluding carboxylic acids is 1. The molecule has 1 nitrogen and oxygen atoms in total. The molecule has 0 aliphatic heterocycles. The Balaban J connectivity index is 1.82. The third-order valence-electron chi connectivity index (χ3n) is 3.76. The summed E-state index contributed by atoms with van der Waals surface area (Å²) in [7, 11) is 0. The molecule has 0 amide bonds. The molecule has 0 fully saturated rings. The molecule has 1 aliphatic rings. The van der Waals surface area contributed by atoms with Gasteiger partial charge in [-0.3, -0.25) is 4.79 Å². The summed E-state index contributed by atoms with van der Waals surface area (Å²) >= 11 is 6.86. The summed E-state index contributed by atoms with van der Waals surface area (Å²) in [5.41, 5.74) is 4.73. The normalized spacial score (nSPS) is 13.3. The Hall–Kier alpha value is -0.930. The van der Waals surface area contributed by atoms with Crippen LogP contribution in [0.25, 0.3) is 0 Å². The van der Waals surface area contributed by atoms with Gasteiger partial charge in [-0.1, -0.05) is 50.1 Å². The molecule has 3 heteroatoms. The first kappa shape index (κ1) is 14.0. The van der Waals surface area contributed by atoms with Crippen LogP contribution < -0.4 is 0 Å². The van der Waals surface area contributed by atoms with E-state index in [1.54, 1.807) is 0 Å². The van der Waals surface area contributed by atoms with Crippen LogP contribution in [0.2, 0.25) is 0 Å². The molecule has 0 aromatic heterocycles. The number of hydrogen-bond acceptors (Lipinski definition) is 1. The molecule has 102 valence electrons. The van der Waals surface area contributed by atoms with Gasteiger partial charge in [-0.25, -0.2) is 0 Å². The molecular formula is C17H14Br2O. The van der Waals surface area contributed by atoms with Crippen LogP contribution in [0.15, 0.2) is 45.3 Å². The van der Waals surface area contributed by atoms with Gasteiger partial charge in [0, 0.05) is 20.9 Å². The monoisotopic (exact) mass is 392 g/mol. The van der Waals surface area contributed by atoms with Crippen molar-refractivity contribution < 1.29 is 4.79 Å². The van der Waals surface area contributed by atoms with Crippen molar-refractivity contribution in [3.8, 4) is 0 Å². The summed E-state index contributed by atoms with van der Waals surface area (Å²) in [5.74, 6) is 0.155. The number of rotatable bonds is 3. The first-order valence-electron chi connectivity index (χ1n) is 6.72. The maximum Gasteiger partial charge on any atom is 0.168 e. The molecule has 0 heterocycles. The lowest BCUT2D eigenvalue weighted by atomic mass is 10.00. The Morgan fingerprint density at radius 2 is 1.80 bits per heavy atom. The number of Topliss-reactive ketones (excluding diaryl/α,β-unsaturated/α-hetero) is 1. The molecule has 0 spiro atoms. The number of halogens is 2. The predicted octanol–water partition coefficient (Wildman–Crippen LogP) is 5.13. The molecule has 0 unspecified atom stereocenters. The molecule has 0 saturated heterocycles. The van der Waals surface area contributed by atoms with E-state index in [0.717, 1.165) is 26.5 Å². The zero-order valence-electron chi connectivity index (χ0n) is 11.0. The van der Waals surface area contributed by atoms with E-state index in [9.17, 15) is 4.79 Å². The Morgan fingerprint density at radius 3 is 2.60 bits per heavy atom. The van der Waals surface area contributed by atoms with Crippen LogP contribution in [0.4, 0.5) is 0 Å². The fourth-order valence-electron chi connectivity index (χ4n) is 2.73. The van der Waals surface area contributed by atoms with E-state index in [1.165, 1.54) is 24.0 Å². The summed E-state index contributed by atoms with van der Waals surface area (Å²) in [6.07, 6.45) is 4.04. The summed E-state index contributed by atoms with van der Waals surface area (Å²) in [6, 6.07) is 12.2. The van der Waals surface area contributed by atoms with Gasteiger partial charge < -0.3 is 0 Å². The van der Waals surface area contributed by atoms with E-state index < -0.39 is 0 Å². The van der Waals surface area contributed by atoms with Gasteiger partial charge in [0.05, 0.1) is 0 Å². The van der Waals surface area contributed by atoms with Crippen molar-refractivity contribution in [2.75, 3.05) is 0 Å². The minimum atomic E-state index is 0.155. The Kier molecular flexibility index (Phi) is 4.08. The summed E-state index contributed by atoms with van der Waals surface area (Å²) in [4.78, 5) is 12.4. The highest BCUT2D eigenvalue weighted by molar-refractivity contribution is 9.11. The smallest absolute Gasteiger partial charge is 0.168 e. The molecule has 0 saturated carbocycles. The van der Waals surface area contributed by atoms with Crippen LogP contribution in [0.3, 0.4) is 0 Å². The van der Waals surface area contributed by atoms with E-state index in [-0.39, 0.29) is 5.78 Å². The largest absolute Gasteiger partial charge is 0.294 e. The number of ketones is 1. The van der Waals surface area contributed by atoms with Crippen molar-refractivity contribution in [3.63, 3.8) is 0 Å². The molecule has 0 N–H and O–H groups in total. The van der Waals surface area contributed by atoms with Gasteiger partial charge in [0.25, 0.3) is 0 Å². The van der Waals surface area contributed by atoms with Crippen molar-refractivity contribution in [3.05, 3.63) is 67.6 Å². The minimum Gasteiger partial charge on any atom is -0.294 e. The molecule has 1 aliphatic carbocycles. The Morgan fingerprint density at radius 1 is 1.00 bits per heavy atom. The van der Waals surface area contributed by atoms with Crippen molar-refractivity contribution in [1.82, 2.24) is 0 Å². The zero-order chi connectivity index (χ0) is 14.1. The summed E-state index contributed by atoms with van der Waals surface area (Å²) in [6.45, 7) is 0. The second-order valence-electron chi connectivity index (χ2n) is 5.18. The number of aryl methyl sites for hydroxylation is 2. The van der Waals surface area contributed by atoms with Gasteiger partial charge in [0.1, 0.15) is 0 Å². The fraction of sp³-hybridized carbons (Fsp3) is 0.235. The molecule has 20 heavy (non-hydrogen) atoms. The highest BCUT2D eigenvalue weighted by Gasteiger charge is 2.14. The number of benzene rings is 2. The first-order chi connectivity index (χ1) is 9.63. The van der Waals surface area contributed by atoms with Crippen LogP contribution in [0, 0.1) is 0 Å². The van der Waals surface area contributed by atoms with Crippen LogP contribution in [-0.4, -0.2) is 5.78 Å². The molecule has 2 aromatic rings. The van der Waals surface area contributed by atoms with E-state index in [4.69, 9.17) is 0 Å². The average Bonchev–Trinajstić information content (AvgIpc) is 2.85. The lowest BCUT2D eigenvalue weighted by Crippen LogP contribution is -2.05. The van der Waals surface area contributed by atoms with Gasteiger partial charge >= 0.3 is 0 Å². The van der Waals surface area contributed by atoms with Crippen molar-refractivity contribution in [2.24, 2.45) is 0 Å².